The monoisotopic (exact) mass is 469 g/mol. The van der Waals surface area contributed by atoms with Gasteiger partial charge in [0.2, 0.25) is 11.8 Å². The van der Waals surface area contributed by atoms with Gasteiger partial charge >= 0.3 is 0 Å². The molecule has 2 amide bonds. The molecule has 0 aliphatic carbocycles. The number of hydrogen-bond acceptors (Lipinski definition) is 3. The van der Waals surface area contributed by atoms with Crippen LogP contribution in [-0.4, -0.2) is 52.4 Å². The van der Waals surface area contributed by atoms with E-state index in [0.717, 1.165) is 36.3 Å². The number of amides is 2. The molecule has 34 heavy (non-hydrogen) atoms. The molecule has 1 aromatic heterocycles. The second-order valence-electron chi connectivity index (χ2n) is 9.53. The first-order valence-electron chi connectivity index (χ1n) is 12.6. The Morgan fingerprint density at radius 3 is 2.47 bits per heavy atom. The van der Waals surface area contributed by atoms with Crippen LogP contribution in [0.2, 0.25) is 0 Å². The molecule has 0 spiro atoms. The Morgan fingerprint density at radius 1 is 1.06 bits per heavy atom. The van der Waals surface area contributed by atoms with Crippen LogP contribution in [0.1, 0.15) is 71.6 Å². The minimum atomic E-state index is 0.00831. The van der Waals surface area contributed by atoms with Crippen molar-refractivity contribution < 1.29 is 14.3 Å². The number of unbranched alkanes of at least 4 members (excludes halogenated alkanes) is 1. The lowest BCUT2D eigenvalue weighted by Gasteiger charge is -2.32. The summed E-state index contributed by atoms with van der Waals surface area (Å²) in [4.78, 5) is 30.0. The molecule has 1 aromatic carbocycles. The Morgan fingerprint density at radius 2 is 1.82 bits per heavy atom. The van der Waals surface area contributed by atoms with Gasteiger partial charge in [0.05, 0.1) is 20.2 Å². The minimum Gasteiger partial charge on any atom is -0.497 e. The van der Waals surface area contributed by atoms with Gasteiger partial charge in [0, 0.05) is 37.4 Å². The van der Waals surface area contributed by atoms with Crippen LogP contribution in [0.15, 0.2) is 42.6 Å². The molecular formula is C28H43N3O3. The Hall–Kier alpha value is -2.76. The summed E-state index contributed by atoms with van der Waals surface area (Å²) in [6.07, 6.45) is 5.24. The zero-order chi connectivity index (χ0) is 25.1. The Bertz CT molecular complexity index is 906. The van der Waals surface area contributed by atoms with Gasteiger partial charge in [0.25, 0.3) is 0 Å². The SMILES string of the molecule is CCCCC(=O)N(CC(=O)N(Cc1cccn1Cc1cccc(OC)c1)C(C)CC)CC(C)C. The van der Waals surface area contributed by atoms with Gasteiger partial charge in [-0.1, -0.05) is 46.2 Å². The van der Waals surface area contributed by atoms with Crippen LogP contribution in [0.4, 0.5) is 0 Å². The fourth-order valence-electron chi connectivity index (χ4n) is 4.04. The second-order valence-corrected chi connectivity index (χ2v) is 9.53. The summed E-state index contributed by atoms with van der Waals surface area (Å²) in [7, 11) is 1.67. The highest BCUT2D eigenvalue weighted by molar-refractivity contribution is 5.85. The third-order valence-corrected chi connectivity index (χ3v) is 6.19. The standard InChI is InChI=1S/C28H43N3O3/c1-7-9-15-27(32)30(18-22(3)4)21-28(33)31(23(5)8-2)20-25-13-11-16-29(25)19-24-12-10-14-26(17-24)34-6/h10-14,16-17,22-23H,7-9,15,18-21H2,1-6H3. The van der Waals surface area contributed by atoms with Crippen LogP contribution in [0, 0.1) is 5.92 Å². The maximum atomic E-state index is 13.5. The molecule has 0 aliphatic heterocycles. The molecule has 0 bridgehead atoms. The van der Waals surface area contributed by atoms with E-state index in [4.69, 9.17) is 4.74 Å². The highest BCUT2D eigenvalue weighted by Gasteiger charge is 2.25. The fourth-order valence-corrected chi connectivity index (χ4v) is 4.04. The normalized spacial score (nSPS) is 12.0. The van der Waals surface area contributed by atoms with Gasteiger partial charge in [-0.2, -0.15) is 0 Å². The highest BCUT2D eigenvalue weighted by Crippen LogP contribution is 2.18. The maximum Gasteiger partial charge on any atom is 0.242 e. The number of carbonyl (C=O) groups excluding carboxylic acids is 2. The van der Waals surface area contributed by atoms with Gasteiger partial charge in [-0.25, -0.2) is 0 Å². The molecular weight excluding hydrogens is 426 g/mol. The molecule has 0 radical (unpaired) electrons. The van der Waals surface area contributed by atoms with Gasteiger partial charge in [0.15, 0.2) is 0 Å². The van der Waals surface area contributed by atoms with Crippen molar-refractivity contribution in [1.82, 2.24) is 14.4 Å². The predicted octanol–water partition coefficient (Wildman–Crippen LogP) is 5.35. The van der Waals surface area contributed by atoms with Gasteiger partial charge < -0.3 is 19.1 Å². The van der Waals surface area contributed by atoms with Crippen LogP contribution in [0.5, 0.6) is 5.75 Å². The Kier molecular flexibility index (Phi) is 11.2. The molecule has 2 rings (SSSR count). The molecule has 1 unspecified atom stereocenters. The maximum absolute atomic E-state index is 13.5. The smallest absolute Gasteiger partial charge is 0.242 e. The first kappa shape index (κ1) is 27.5. The molecule has 6 heteroatoms. The van der Waals surface area contributed by atoms with Crippen LogP contribution < -0.4 is 4.74 Å². The third kappa shape index (κ3) is 8.23. The van der Waals surface area contributed by atoms with Crippen molar-refractivity contribution in [2.24, 2.45) is 5.92 Å². The largest absolute Gasteiger partial charge is 0.497 e. The van der Waals surface area contributed by atoms with Crippen LogP contribution in [-0.2, 0) is 22.7 Å². The molecule has 0 aliphatic rings. The third-order valence-electron chi connectivity index (χ3n) is 6.19. The first-order valence-corrected chi connectivity index (χ1v) is 12.6. The quantitative estimate of drug-likeness (QED) is 0.375. The number of aromatic nitrogens is 1. The van der Waals surface area contributed by atoms with Crippen LogP contribution in [0.25, 0.3) is 0 Å². The fraction of sp³-hybridized carbons (Fsp3) is 0.571. The van der Waals surface area contributed by atoms with E-state index in [0.29, 0.717) is 32.0 Å². The zero-order valence-corrected chi connectivity index (χ0v) is 21.9. The van der Waals surface area contributed by atoms with Gasteiger partial charge in [-0.05, 0) is 55.5 Å². The summed E-state index contributed by atoms with van der Waals surface area (Å²) in [5.74, 6) is 1.24. The number of rotatable bonds is 14. The van der Waals surface area contributed by atoms with Gasteiger partial charge in [-0.15, -0.1) is 0 Å². The number of nitrogens with zero attached hydrogens (tertiary/aromatic N) is 3. The number of ether oxygens (including phenoxy) is 1. The Balaban J connectivity index is 2.18. The van der Waals surface area contributed by atoms with Crippen molar-refractivity contribution in [3.05, 3.63) is 53.9 Å². The molecule has 0 saturated carbocycles. The predicted molar refractivity (Wildman–Crippen MR) is 138 cm³/mol. The molecule has 1 heterocycles. The van der Waals surface area contributed by atoms with Crippen molar-refractivity contribution in [1.29, 1.82) is 0 Å². The van der Waals surface area contributed by atoms with E-state index in [1.54, 1.807) is 12.0 Å². The first-order chi connectivity index (χ1) is 16.3. The molecule has 2 aromatic rings. The lowest BCUT2D eigenvalue weighted by atomic mass is 10.1. The molecule has 0 fully saturated rings. The average Bonchev–Trinajstić information content (AvgIpc) is 3.26. The second kappa shape index (κ2) is 13.8. The topological polar surface area (TPSA) is 54.8 Å². The molecule has 1 atom stereocenters. The lowest BCUT2D eigenvalue weighted by molar-refractivity contribution is -0.142. The average molecular weight is 470 g/mol. The summed E-state index contributed by atoms with van der Waals surface area (Å²) in [6.45, 7) is 12.4. The number of hydrogen-bond donors (Lipinski definition) is 0. The summed E-state index contributed by atoms with van der Waals surface area (Å²) < 4.78 is 7.54. The van der Waals surface area contributed by atoms with Gasteiger partial charge in [-0.3, -0.25) is 9.59 Å². The minimum absolute atomic E-state index is 0.00831. The van der Waals surface area contributed by atoms with E-state index >= 15 is 0 Å². The zero-order valence-electron chi connectivity index (χ0n) is 21.9. The molecule has 6 nitrogen and oxygen atoms in total. The van der Waals surface area contributed by atoms with Crippen molar-refractivity contribution in [2.45, 2.75) is 79.4 Å². The lowest BCUT2D eigenvalue weighted by Crippen LogP contribution is -2.47. The summed E-state index contributed by atoms with van der Waals surface area (Å²) in [5.41, 5.74) is 2.21. The number of benzene rings is 1. The van der Waals surface area contributed by atoms with Gasteiger partial charge in [0.1, 0.15) is 5.75 Å². The van der Waals surface area contributed by atoms with E-state index in [1.807, 2.05) is 35.4 Å². The highest BCUT2D eigenvalue weighted by atomic mass is 16.5. The summed E-state index contributed by atoms with van der Waals surface area (Å²) >= 11 is 0. The van der Waals surface area contributed by atoms with Crippen molar-refractivity contribution in [3.8, 4) is 5.75 Å². The molecule has 0 N–H and O–H groups in total. The van der Waals surface area contributed by atoms with E-state index < -0.39 is 0 Å². The van der Waals surface area contributed by atoms with Crippen molar-refractivity contribution >= 4 is 11.8 Å². The summed E-state index contributed by atoms with van der Waals surface area (Å²) in [5, 5.41) is 0. The van der Waals surface area contributed by atoms with E-state index in [2.05, 4.69) is 51.3 Å². The van der Waals surface area contributed by atoms with Crippen LogP contribution >= 0.6 is 0 Å². The van der Waals surface area contributed by atoms with Crippen LogP contribution in [0.3, 0.4) is 0 Å². The van der Waals surface area contributed by atoms with E-state index in [-0.39, 0.29) is 24.4 Å². The number of carbonyl (C=O) groups is 2. The number of methoxy groups -OCH3 is 1. The Labute approximate surface area is 205 Å². The van der Waals surface area contributed by atoms with E-state index in [9.17, 15) is 9.59 Å². The van der Waals surface area contributed by atoms with Crippen molar-refractivity contribution in [3.63, 3.8) is 0 Å². The van der Waals surface area contributed by atoms with Crippen molar-refractivity contribution in [2.75, 3.05) is 20.2 Å². The molecule has 0 saturated heterocycles. The van der Waals surface area contributed by atoms with E-state index in [1.165, 1.54) is 0 Å². The molecule has 188 valence electrons. The summed E-state index contributed by atoms with van der Waals surface area (Å²) in [6, 6.07) is 12.2.